The number of benzene rings is 1. The van der Waals surface area contributed by atoms with Gasteiger partial charge in [0.2, 0.25) is 11.6 Å². The van der Waals surface area contributed by atoms with Crippen LogP contribution in [0.2, 0.25) is 0 Å². The molecule has 0 saturated carbocycles. The first-order chi connectivity index (χ1) is 12.6. The molecule has 0 saturated heterocycles. The summed E-state index contributed by atoms with van der Waals surface area (Å²) in [6, 6.07) is 5.23. The highest BCUT2D eigenvalue weighted by Gasteiger charge is 2.16. The van der Waals surface area contributed by atoms with Gasteiger partial charge in [-0.3, -0.25) is 4.79 Å². The monoisotopic (exact) mass is 355 g/mol. The molecule has 1 aliphatic rings. The van der Waals surface area contributed by atoms with Crippen LogP contribution in [0, 0.1) is 13.8 Å². The Morgan fingerprint density at radius 1 is 1.19 bits per heavy atom. The van der Waals surface area contributed by atoms with Crippen molar-refractivity contribution >= 4 is 22.7 Å². The second kappa shape index (κ2) is 6.55. The molecule has 8 nitrogen and oxygen atoms in total. The average Bonchev–Trinajstić information content (AvgIpc) is 2.94. The van der Waals surface area contributed by atoms with Gasteiger partial charge < -0.3 is 23.9 Å². The zero-order valence-corrected chi connectivity index (χ0v) is 14.4. The molecule has 0 aliphatic carbocycles. The van der Waals surface area contributed by atoms with E-state index in [0.717, 1.165) is 11.3 Å². The Kier molecular flexibility index (Phi) is 4.08. The first-order valence-electron chi connectivity index (χ1n) is 8.15. The fourth-order valence-electron chi connectivity index (χ4n) is 2.71. The number of carbonyl (C=O) groups excluding carboxylic acids is 1. The van der Waals surface area contributed by atoms with E-state index in [2.05, 4.69) is 15.3 Å². The Morgan fingerprint density at radius 2 is 2.00 bits per heavy atom. The van der Waals surface area contributed by atoms with Crippen LogP contribution in [0.3, 0.4) is 0 Å². The molecule has 0 radical (unpaired) electrons. The fraction of sp³-hybridized carbons (Fsp3) is 0.278. The third-order valence-corrected chi connectivity index (χ3v) is 4.10. The topological polar surface area (TPSA) is 95.7 Å². The highest BCUT2D eigenvalue weighted by molar-refractivity contribution is 5.92. The third-order valence-electron chi connectivity index (χ3n) is 4.10. The number of carbonyl (C=O) groups is 1. The summed E-state index contributed by atoms with van der Waals surface area (Å²) >= 11 is 0. The van der Waals surface area contributed by atoms with Crippen molar-refractivity contribution in [2.45, 2.75) is 13.8 Å². The van der Waals surface area contributed by atoms with Gasteiger partial charge in [0.15, 0.2) is 18.1 Å². The molecule has 1 aromatic carbocycles. The summed E-state index contributed by atoms with van der Waals surface area (Å²) in [7, 11) is 0. The number of rotatable bonds is 4. The van der Waals surface area contributed by atoms with Gasteiger partial charge in [0.05, 0.1) is 0 Å². The minimum Gasteiger partial charge on any atom is -0.486 e. The number of furan rings is 1. The number of nitrogens with one attached hydrogen (secondary N) is 1. The molecule has 1 amide bonds. The molecule has 0 unspecified atom stereocenters. The Labute approximate surface area is 149 Å². The van der Waals surface area contributed by atoms with Crippen molar-refractivity contribution in [1.29, 1.82) is 0 Å². The van der Waals surface area contributed by atoms with Crippen LogP contribution in [0.15, 0.2) is 28.9 Å². The van der Waals surface area contributed by atoms with Crippen molar-refractivity contribution in [3.63, 3.8) is 0 Å². The van der Waals surface area contributed by atoms with E-state index in [1.807, 2.05) is 13.8 Å². The molecule has 0 spiro atoms. The van der Waals surface area contributed by atoms with Gasteiger partial charge in [0.25, 0.3) is 5.91 Å². The number of ether oxygens (including phenoxy) is 3. The summed E-state index contributed by atoms with van der Waals surface area (Å²) < 4.78 is 22.1. The summed E-state index contributed by atoms with van der Waals surface area (Å²) in [5.41, 5.74) is 1.94. The number of nitrogens with zero attached hydrogens (tertiary/aromatic N) is 2. The molecule has 4 rings (SSSR count). The first-order valence-corrected chi connectivity index (χ1v) is 8.15. The summed E-state index contributed by atoms with van der Waals surface area (Å²) in [6.07, 6.45) is 1.35. The Hall–Kier alpha value is -3.29. The number of aromatic nitrogens is 2. The van der Waals surface area contributed by atoms with Gasteiger partial charge in [-0.1, -0.05) is 0 Å². The Bertz CT molecular complexity index is 982. The summed E-state index contributed by atoms with van der Waals surface area (Å²) in [4.78, 5) is 20.4. The van der Waals surface area contributed by atoms with E-state index < -0.39 is 0 Å². The van der Waals surface area contributed by atoms with E-state index in [0.29, 0.717) is 47.4 Å². The minimum atomic E-state index is -0.314. The molecule has 1 aliphatic heterocycles. The quantitative estimate of drug-likeness (QED) is 0.768. The summed E-state index contributed by atoms with van der Waals surface area (Å²) in [5, 5.41) is 3.44. The van der Waals surface area contributed by atoms with Crippen LogP contribution in [0.5, 0.6) is 17.4 Å². The Balaban J connectivity index is 1.45. The fourth-order valence-corrected chi connectivity index (χ4v) is 2.71. The predicted octanol–water partition coefficient (Wildman–Crippen LogP) is 2.63. The first kappa shape index (κ1) is 16.2. The van der Waals surface area contributed by atoms with Gasteiger partial charge in [0.1, 0.15) is 30.7 Å². The standard InChI is InChI=1S/C18H17N3O5/c1-10-11(2)26-18-16(10)17(19-9-20-18)25-8-15(22)21-12-3-4-13-14(7-12)24-6-5-23-13/h3-4,7,9H,5-6,8H2,1-2H3,(H,21,22). The van der Waals surface area contributed by atoms with E-state index in [4.69, 9.17) is 18.6 Å². The molecule has 1 N–H and O–H groups in total. The van der Waals surface area contributed by atoms with Gasteiger partial charge in [-0.2, -0.15) is 0 Å². The molecule has 3 aromatic rings. The van der Waals surface area contributed by atoms with Gasteiger partial charge in [-0.25, -0.2) is 9.97 Å². The summed E-state index contributed by atoms with van der Waals surface area (Å²) in [5.74, 6) is 2.02. The van der Waals surface area contributed by atoms with Crippen molar-refractivity contribution in [3.05, 3.63) is 35.9 Å². The number of fused-ring (bicyclic) bond motifs is 2. The van der Waals surface area contributed by atoms with Crippen molar-refractivity contribution in [1.82, 2.24) is 9.97 Å². The lowest BCUT2D eigenvalue weighted by atomic mass is 10.2. The molecule has 8 heteroatoms. The maximum Gasteiger partial charge on any atom is 0.262 e. The minimum absolute atomic E-state index is 0.190. The van der Waals surface area contributed by atoms with Crippen LogP contribution in [-0.2, 0) is 4.79 Å². The maximum absolute atomic E-state index is 12.2. The van der Waals surface area contributed by atoms with Gasteiger partial charge in [-0.05, 0) is 26.0 Å². The van der Waals surface area contributed by atoms with E-state index in [-0.39, 0.29) is 12.5 Å². The molecule has 0 bridgehead atoms. The molecular weight excluding hydrogens is 338 g/mol. The number of hydrogen-bond acceptors (Lipinski definition) is 7. The Morgan fingerprint density at radius 3 is 2.85 bits per heavy atom. The van der Waals surface area contributed by atoms with E-state index >= 15 is 0 Å². The lowest BCUT2D eigenvalue weighted by molar-refractivity contribution is -0.118. The number of aryl methyl sites for hydroxylation is 2. The van der Waals surface area contributed by atoms with Crippen molar-refractivity contribution < 1.29 is 23.4 Å². The highest BCUT2D eigenvalue weighted by atomic mass is 16.6. The van der Waals surface area contributed by atoms with Crippen molar-refractivity contribution in [2.24, 2.45) is 0 Å². The van der Waals surface area contributed by atoms with Crippen LogP contribution < -0.4 is 19.5 Å². The second-order valence-corrected chi connectivity index (χ2v) is 5.84. The zero-order chi connectivity index (χ0) is 18.1. The SMILES string of the molecule is Cc1oc2ncnc(OCC(=O)Nc3ccc4c(c3)OCCO4)c2c1C. The molecule has 26 heavy (non-hydrogen) atoms. The van der Waals surface area contributed by atoms with Crippen molar-refractivity contribution in [3.8, 4) is 17.4 Å². The summed E-state index contributed by atoms with van der Waals surface area (Å²) in [6.45, 7) is 4.56. The molecule has 0 fully saturated rings. The smallest absolute Gasteiger partial charge is 0.262 e. The molecule has 0 atom stereocenters. The van der Waals surface area contributed by atoms with E-state index in [1.165, 1.54) is 6.33 Å². The largest absolute Gasteiger partial charge is 0.486 e. The predicted molar refractivity (Wildman–Crippen MR) is 92.8 cm³/mol. The van der Waals surface area contributed by atoms with Crippen LogP contribution in [-0.4, -0.2) is 35.7 Å². The molecule has 3 heterocycles. The lowest BCUT2D eigenvalue weighted by Crippen LogP contribution is -2.21. The number of hydrogen-bond donors (Lipinski definition) is 1. The van der Waals surface area contributed by atoms with Gasteiger partial charge >= 0.3 is 0 Å². The zero-order valence-electron chi connectivity index (χ0n) is 14.4. The highest BCUT2D eigenvalue weighted by Crippen LogP contribution is 2.33. The average molecular weight is 355 g/mol. The van der Waals surface area contributed by atoms with Crippen molar-refractivity contribution in [2.75, 3.05) is 25.1 Å². The number of anilines is 1. The van der Waals surface area contributed by atoms with E-state index in [9.17, 15) is 4.79 Å². The lowest BCUT2D eigenvalue weighted by Gasteiger charge is -2.19. The normalized spacial score (nSPS) is 12.8. The number of amides is 1. The maximum atomic E-state index is 12.2. The van der Waals surface area contributed by atoms with E-state index in [1.54, 1.807) is 18.2 Å². The van der Waals surface area contributed by atoms with Gasteiger partial charge in [-0.15, -0.1) is 0 Å². The molecule has 134 valence electrons. The second-order valence-electron chi connectivity index (χ2n) is 5.84. The van der Waals surface area contributed by atoms with Crippen LogP contribution in [0.1, 0.15) is 11.3 Å². The van der Waals surface area contributed by atoms with Crippen LogP contribution in [0.25, 0.3) is 11.1 Å². The molecule has 2 aromatic heterocycles. The van der Waals surface area contributed by atoms with Crippen LogP contribution in [0.4, 0.5) is 5.69 Å². The molecular formula is C18H17N3O5. The third kappa shape index (κ3) is 3.01. The van der Waals surface area contributed by atoms with Gasteiger partial charge in [0, 0.05) is 17.3 Å². The van der Waals surface area contributed by atoms with Crippen LogP contribution >= 0.6 is 0 Å².